The maximum atomic E-state index is 12.6. The lowest BCUT2D eigenvalue weighted by atomic mass is 9.81. The molecule has 0 aliphatic heterocycles. The van der Waals surface area contributed by atoms with Crippen molar-refractivity contribution in [1.82, 2.24) is 20.2 Å². The summed E-state index contributed by atoms with van der Waals surface area (Å²) in [4.78, 5) is 11.0. The third-order valence-corrected chi connectivity index (χ3v) is 3.80. The molecule has 9 heteroatoms. The standard InChI is InChI=1S/C11H15F3N4O2/c1-6(10(19)20)18-9(15-16-17-18)7-2-4-8(5-3-7)11(12,13)14/h6-8H,2-5H2,1H3,(H,19,20). The smallest absolute Gasteiger partial charge is 0.391 e. The van der Waals surface area contributed by atoms with Crippen LogP contribution in [0.2, 0.25) is 0 Å². The van der Waals surface area contributed by atoms with Crippen LogP contribution in [0.5, 0.6) is 0 Å². The Kier molecular flexibility index (Phi) is 3.96. The Bertz CT molecular complexity index is 480. The topological polar surface area (TPSA) is 80.9 Å². The van der Waals surface area contributed by atoms with Crippen LogP contribution in [0.3, 0.4) is 0 Å². The van der Waals surface area contributed by atoms with Crippen molar-refractivity contribution in [3.63, 3.8) is 0 Å². The number of nitrogens with zero attached hydrogens (tertiary/aromatic N) is 4. The third-order valence-electron chi connectivity index (χ3n) is 3.80. The third kappa shape index (κ3) is 2.91. The number of hydrogen-bond donors (Lipinski definition) is 1. The van der Waals surface area contributed by atoms with Gasteiger partial charge < -0.3 is 5.11 Å². The first kappa shape index (κ1) is 14.7. The molecule has 1 N–H and O–H groups in total. The first-order chi connectivity index (χ1) is 9.30. The van der Waals surface area contributed by atoms with E-state index in [0.29, 0.717) is 18.7 Å². The molecule has 0 aromatic carbocycles. The number of alkyl halides is 3. The van der Waals surface area contributed by atoms with Gasteiger partial charge in [0.1, 0.15) is 6.04 Å². The lowest BCUT2D eigenvalue weighted by Gasteiger charge is -2.29. The number of carboxylic acid groups (broad SMARTS) is 1. The number of aliphatic carboxylic acids is 1. The summed E-state index contributed by atoms with van der Waals surface area (Å²) in [6.07, 6.45) is -3.47. The van der Waals surface area contributed by atoms with E-state index in [1.807, 2.05) is 0 Å². The minimum absolute atomic E-state index is 0.0302. The monoisotopic (exact) mass is 292 g/mol. The number of carbonyl (C=O) groups is 1. The predicted octanol–water partition coefficient (Wildman–Crippen LogP) is 2.15. The minimum Gasteiger partial charge on any atom is -0.480 e. The molecule has 0 amide bonds. The Morgan fingerprint density at radius 2 is 1.95 bits per heavy atom. The van der Waals surface area contributed by atoms with E-state index in [9.17, 15) is 18.0 Å². The fourth-order valence-electron chi connectivity index (χ4n) is 2.53. The van der Waals surface area contributed by atoms with E-state index in [1.54, 1.807) is 0 Å². The minimum atomic E-state index is -4.16. The summed E-state index contributed by atoms with van der Waals surface area (Å²) in [5, 5.41) is 19.8. The summed E-state index contributed by atoms with van der Waals surface area (Å²) in [5.41, 5.74) is 0. The van der Waals surface area contributed by atoms with Crippen LogP contribution in [0.15, 0.2) is 0 Å². The molecule has 1 aromatic rings. The second-order valence-electron chi connectivity index (χ2n) is 5.09. The van der Waals surface area contributed by atoms with Gasteiger partial charge in [0.2, 0.25) is 0 Å². The van der Waals surface area contributed by atoms with Crippen molar-refractivity contribution in [3.05, 3.63) is 5.82 Å². The van der Waals surface area contributed by atoms with Crippen molar-refractivity contribution >= 4 is 5.97 Å². The second-order valence-corrected chi connectivity index (χ2v) is 5.09. The van der Waals surface area contributed by atoms with Crippen molar-refractivity contribution in [3.8, 4) is 0 Å². The van der Waals surface area contributed by atoms with Gasteiger partial charge in [-0.3, -0.25) is 0 Å². The van der Waals surface area contributed by atoms with E-state index in [4.69, 9.17) is 5.11 Å². The molecule has 6 nitrogen and oxygen atoms in total. The first-order valence-electron chi connectivity index (χ1n) is 6.38. The molecule has 1 aliphatic carbocycles. The van der Waals surface area contributed by atoms with Crippen molar-refractivity contribution < 1.29 is 23.1 Å². The first-order valence-corrected chi connectivity index (χ1v) is 6.38. The average Bonchev–Trinajstić information content (AvgIpc) is 2.85. The molecule has 1 heterocycles. The van der Waals surface area contributed by atoms with Crippen LogP contribution in [0.4, 0.5) is 13.2 Å². The Morgan fingerprint density at radius 1 is 1.35 bits per heavy atom. The summed E-state index contributed by atoms with van der Waals surface area (Å²) < 4.78 is 39.0. The molecule has 2 rings (SSSR count). The van der Waals surface area contributed by atoms with Gasteiger partial charge in [-0.05, 0) is 43.0 Å². The predicted molar refractivity (Wildman–Crippen MR) is 60.9 cm³/mol. The summed E-state index contributed by atoms with van der Waals surface area (Å²) in [6, 6.07) is -0.930. The average molecular weight is 292 g/mol. The molecule has 0 radical (unpaired) electrons. The zero-order chi connectivity index (χ0) is 14.9. The lowest BCUT2D eigenvalue weighted by molar-refractivity contribution is -0.182. The molecule has 1 atom stereocenters. The maximum absolute atomic E-state index is 12.6. The Morgan fingerprint density at radius 3 is 2.45 bits per heavy atom. The molecule has 0 bridgehead atoms. The second kappa shape index (κ2) is 5.37. The Hall–Kier alpha value is -1.67. The van der Waals surface area contributed by atoms with E-state index >= 15 is 0 Å². The molecule has 1 saturated carbocycles. The van der Waals surface area contributed by atoms with Gasteiger partial charge in [-0.15, -0.1) is 5.10 Å². The quantitative estimate of drug-likeness (QED) is 0.923. The van der Waals surface area contributed by atoms with Crippen LogP contribution in [0.1, 0.15) is 50.4 Å². The Balaban J connectivity index is 2.08. The van der Waals surface area contributed by atoms with Crippen LogP contribution >= 0.6 is 0 Å². The molecular weight excluding hydrogens is 277 g/mol. The van der Waals surface area contributed by atoms with Crippen LogP contribution in [0.25, 0.3) is 0 Å². The van der Waals surface area contributed by atoms with Gasteiger partial charge in [0.25, 0.3) is 0 Å². The molecule has 1 unspecified atom stereocenters. The van der Waals surface area contributed by atoms with E-state index in [-0.39, 0.29) is 18.8 Å². The molecule has 112 valence electrons. The van der Waals surface area contributed by atoms with Gasteiger partial charge in [-0.2, -0.15) is 13.2 Å². The van der Waals surface area contributed by atoms with Crippen LogP contribution in [0, 0.1) is 5.92 Å². The largest absolute Gasteiger partial charge is 0.480 e. The number of hydrogen-bond acceptors (Lipinski definition) is 4. The highest BCUT2D eigenvalue weighted by atomic mass is 19.4. The fourth-order valence-corrected chi connectivity index (χ4v) is 2.53. The molecule has 0 saturated heterocycles. The van der Waals surface area contributed by atoms with E-state index in [1.165, 1.54) is 11.6 Å². The summed E-state index contributed by atoms with van der Waals surface area (Å²) in [5.74, 6) is -2.21. The van der Waals surface area contributed by atoms with Gasteiger partial charge in [0.05, 0.1) is 5.92 Å². The van der Waals surface area contributed by atoms with Crippen molar-refractivity contribution in [2.45, 2.75) is 50.7 Å². The van der Waals surface area contributed by atoms with E-state index in [0.717, 1.165) is 0 Å². The normalized spacial score (nSPS) is 25.4. The SMILES string of the molecule is CC(C(=O)O)n1nnnc1C1CCC(C(F)(F)F)CC1. The molecule has 1 fully saturated rings. The fraction of sp³-hybridized carbons (Fsp3) is 0.818. The number of aromatic nitrogens is 4. The lowest BCUT2D eigenvalue weighted by Crippen LogP contribution is -2.29. The van der Waals surface area contributed by atoms with Gasteiger partial charge in [-0.1, -0.05) is 0 Å². The van der Waals surface area contributed by atoms with E-state index < -0.39 is 24.1 Å². The summed E-state index contributed by atoms with van der Waals surface area (Å²) in [7, 11) is 0. The van der Waals surface area contributed by atoms with Crippen LogP contribution in [-0.4, -0.2) is 37.5 Å². The zero-order valence-corrected chi connectivity index (χ0v) is 10.8. The highest BCUT2D eigenvalue weighted by molar-refractivity contribution is 5.71. The number of halogens is 3. The van der Waals surface area contributed by atoms with Gasteiger partial charge in [0, 0.05) is 5.92 Å². The summed E-state index contributed by atoms with van der Waals surface area (Å²) in [6.45, 7) is 1.43. The van der Waals surface area contributed by atoms with Crippen LogP contribution in [-0.2, 0) is 4.79 Å². The van der Waals surface area contributed by atoms with Crippen molar-refractivity contribution in [2.24, 2.45) is 5.92 Å². The highest BCUT2D eigenvalue weighted by Crippen LogP contribution is 2.42. The number of carboxylic acids is 1. The van der Waals surface area contributed by atoms with Gasteiger partial charge in [-0.25, -0.2) is 9.48 Å². The van der Waals surface area contributed by atoms with E-state index in [2.05, 4.69) is 15.5 Å². The van der Waals surface area contributed by atoms with Gasteiger partial charge >= 0.3 is 12.1 Å². The molecule has 1 aromatic heterocycles. The Labute approximate surface area is 113 Å². The maximum Gasteiger partial charge on any atom is 0.391 e. The molecule has 20 heavy (non-hydrogen) atoms. The van der Waals surface area contributed by atoms with Crippen molar-refractivity contribution in [2.75, 3.05) is 0 Å². The van der Waals surface area contributed by atoms with Crippen molar-refractivity contribution in [1.29, 1.82) is 0 Å². The zero-order valence-electron chi connectivity index (χ0n) is 10.8. The molecule has 1 aliphatic rings. The highest BCUT2D eigenvalue weighted by Gasteiger charge is 2.42. The van der Waals surface area contributed by atoms with Gasteiger partial charge in [0.15, 0.2) is 5.82 Å². The molecular formula is C11H15F3N4O2. The number of tetrazole rings is 1. The summed E-state index contributed by atoms with van der Waals surface area (Å²) >= 11 is 0. The molecule has 0 spiro atoms. The van der Waals surface area contributed by atoms with Crippen LogP contribution < -0.4 is 0 Å². The number of rotatable bonds is 3.